The monoisotopic (exact) mass is 379 g/mol. The highest BCUT2D eigenvalue weighted by atomic mass is 16.7. The molecule has 1 aliphatic rings. The molecule has 0 N–H and O–H groups in total. The minimum atomic E-state index is -0.689. The predicted octanol–water partition coefficient (Wildman–Crippen LogP) is 2.65. The maximum Gasteiger partial charge on any atom is 0.358 e. The number of carbonyl (C=O) groups is 2. The topological polar surface area (TPSA) is 92.5 Å². The van der Waals surface area contributed by atoms with Crippen LogP contribution in [0.5, 0.6) is 11.5 Å². The molecule has 1 aromatic carbocycles. The van der Waals surface area contributed by atoms with E-state index in [1.54, 1.807) is 6.07 Å². The fourth-order valence-electron chi connectivity index (χ4n) is 3.15. The van der Waals surface area contributed by atoms with Gasteiger partial charge < -0.3 is 18.8 Å². The molecular formula is C20H17N3O5. The molecule has 0 fully saturated rings. The Balaban J connectivity index is 1.54. The minimum Gasteiger partial charge on any atom is -0.454 e. The predicted molar refractivity (Wildman–Crippen MR) is 98.0 cm³/mol. The molecular weight excluding hydrogens is 362 g/mol. The van der Waals surface area contributed by atoms with E-state index in [1.165, 1.54) is 18.6 Å². The molecule has 4 rings (SSSR count). The van der Waals surface area contributed by atoms with E-state index in [-0.39, 0.29) is 24.9 Å². The molecule has 0 bridgehead atoms. The van der Waals surface area contributed by atoms with Crippen molar-refractivity contribution in [3.63, 3.8) is 0 Å². The summed E-state index contributed by atoms with van der Waals surface area (Å²) in [7, 11) is 0. The molecule has 2 aromatic heterocycles. The van der Waals surface area contributed by atoms with Crippen LogP contribution in [0.15, 0.2) is 42.9 Å². The van der Waals surface area contributed by atoms with Gasteiger partial charge in [0.05, 0.1) is 6.20 Å². The highest BCUT2D eigenvalue weighted by molar-refractivity contribution is 6.00. The van der Waals surface area contributed by atoms with E-state index in [0.29, 0.717) is 17.1 Å². The number of carbonyl (C=O) groups excluding carboxylic acids is 2. The lowest BCUT2D eigenvalue weighted by Gasteiger charge is -2.11. The molecule has 8 nitrogen and oxygen atoms in total. The standard InChI is InChI=1S/C20H17N3O5/c1-12-7-15(17(24)10-26-20(25)16-9-21-5-6-22-16)13(2)23(12)14-3-4-18-19(8-14)28-11-27-18/h3-9H,10-11H2,1-2H3. The molecule has 1 aliphatic heterocycles. The van der Waals surface area contributed by atoms with Gasteiger partial charge in [-0.2, -0.15) is 0 Å². The number of nitrogens with zero attached hydrogens (tertiary/aromatic N) is 3. The second-order valence-electron chi connectivity index (χ2n) is 6.25. The summed E-state index contributed by atoms with van der Waals surface area (Å²) in [5, 5.41) is 0. The van der Waals surface area contributed by atoms with E-state index >= 15 is 0 Å². The maximum atomic E-state index is 12.6. The van der Waals surface area contributed by atoms with Crippen LogP contribution >= 0.6 is 0 Å². The van der Waals surface area contributed by atoms with Crippen LogP contribution in [0.2, 0.25) is 0 Å². The minimum absolute atomic E-state index is 0.0566. The highest BCUT2D eigenvalue weighted by Crippen LogP contribution is 2.34. The van der Waals surface area contributed by atoms with E-state index in [2.05, 4.69) is 9.97 Å². The summed E-state index contributed by atoms with van der Waals surface area (Å²) >= 11 is 0. The molecule has 0 aliphatic carbocycles. The normalized spacial score (nSPS) is 12.1. The Morgan fingerprint density at radius 1 is 1.14 bits per heavy atom. The third kappa shape index (κ3) is 3.20. The number of Topliss-reactive ketones (excluding diaryl/α,β-unsaturated/α-hetero) is 1. The summed E-state index contributed by atoms with van der Waals surface area (Å²) in [5.74, 6) is 0.373. The number of ketones is 1. The van der Waals surface area contributed by atoms with Crippen LogP contribution in [0.25, 0.3) is 5.69 Å². The van der Waals surface area contributed by atoms with E-state index < -0.39 is 5.97 Å². The lowest BCUT2D eigenvalue weighted by Crippen LogP contribution is -2.16. The first-order valence-electron chi connectivity index (χ1n) is 8.60. The molecule has 0 spiro atoms. The SMILES string of the molecule is Cc1cc(C(=O)COC(=O)c2cnccn2)c(C)n1-c1ccc2c(c1)OCO2. The van der Waals surface area contributed by atoms with Crippen molar-refractivity contribution in [1.29, 1.82) is 0 Å². The van der Waals surface area contributed by atoms with Crippen LogP contribution < -0.4 is 9.47 Å². The van der Waals surface area contributed by atoms with Gasteiger partial charge in [0, 0.05) is 41.1 Å². The van der Waals surface area contributed by atoms with Crippen molar-refractivity contribution in [1.82, 2.24) is 14.5 Å². The fourth-order valence-corrected chi connectivity index (χ4v) is 3.15. The Hall–Kier alpha value is -3.68. The number of benzene rings is 1. The lowest BCUT2D eigenvalue weighted by atomic mass is 10.1. The summed E-state index contributed by atoms with van der Waals surface area (Å²) in [5.41, 5.74) is 3.02. The van der Waals surface area contributed by atoms with Crippen LogP contribution in [0.3, 0.4) is 0 Å². The number of esters is 1. The van der Waals surface area contributed by atoms with Crippen molar-refractivity contribution in [2.45, 2.75) is 13.8 Å². The van der Waals surface area contributed by atoms with Gasteiger partial charge in [0.25, 0.3) is 0 Å². The zero-order valence-electron chi connectivity index (χ0n) is 15.3. The third-order valence-corrected chi connectivity index (χ3v) is 4.45. The van der Waals surface area contributed by atoms with E-state index in [9.17, 15) is 9.59 Å². The number of rotatable bonds is 5. The first kappa shape index (κ1) is 17.7. The smallest absolute Gasteiger partial charge is 0.358 e. The molecule has 0 saturated heterocycles. The van der Waals surface area contributed by atoms with Gasteiger partial charge in [-0.15, -0.1) is 0 Å². The maximum absolute atomic E-state index is 12.6. The highest BCUT2D eigenvalue weighted by Gasteiger charge is 2.21. The van der Waals surface area contributed by atoms with Gasteiger partial charge in [0.15, 0.2) is 23.8 Å². The summed E-state index contributed by atoms with van der Waals surface area (Å²) in [6.07, 6.45) is 4.13. The second kappa shape index (κ2) is 7.15. The number of aryl methyl sites for hydroxylation is 1. The lowest BCUT2D eigenvalue weighted by molar-refractivity contribution is 0.0468. The zero-order valence-corrected chi connectivity index (χ0v) is 15.3. The van der Waals surface area contributed by atoms with Gasteiger partial charge in [-0.3, -0.25) is 9.78 Å². The average molecular weight is 379 g/mol. The molecule has 142 valence electrons. The van der Waals surface area contributed by atoms with E-state index in [0.717, 1.165) is 17.1 Å². The van der Waals surface area contributed by atoms with E-state index in [1.807, 2.05) is 36.6 Å². The molecule has 0 radical (unpaired) electrons. The summed E-state index contributed by atoms with van der Waals surface area (Å²) < 4.78 is 17.8. The van der Waals surface area contributed by atoms with Crippen molar-refractivity contribution < 1.29 is 23.8 Å². The number of fused-ring (bicyclic) bond motifs is 1. The summed E-state index contributed by atoms with van der Waals surface area (Å²) in [6.45, 7) is 3.57. The first-order valence-corrected chi connectivity index (χ1v) is 8.60. The Kier molecular flexibility index (Phi) is 4.52. The largest absolute Gasteiger partial charge is 0.454 e. The van der Waals surface area contributed by atoms with Crippen LogP contribution in [-0.4, -0.2) is 39.7 Å². The number of ether oxygens (including phenoxy) is 3. The zero-order chi connectivity index (χ0) is 19.7. The molecule has 0 amide bonds. The summed E-state index contributed by atoms with van der Waals surface area (Å²) in [6, 6.07) is 7.37. The van der Waals surface area contributed by atoms with Gasteiger partial charge in [-0.25, -0.2) is 9.78 Å². The van der Waals surface area contributed by atoms with E-state index in [4.69, 9.17) is 14.2 Å². The Morgan fingerprint density at radius 2 is 1.96 bits per heavy atom. The first-order chi connectivity index (χ1) is 13.5. The number of hydrogen-bond acceptors (Lipinski definition) is 7. The van der Waals surface area contributed by atoms with Gasteiger partial charge in [0.2, 0.25) is 12.6 Å². The Labute approximate surface area is 160 Å². The third-order valence-electron chi connectivity index (χ3n) is 4.45. The Bertz CT molecular complexity index is 1060. The van der Waals surface area contributed by atoms with Crippen molar-refractivity contribution in [2.75, 3.05) is 13.4 Å². The van der Waals surface area contributed by atoms with Gasteiger partial charge in [-0.05, 0) is 32.0 Å². The van der Waals surface area contributed by atoms with Crippen molar-refractivity contribution in [2.24, 2.45) is 0 Å². The van der Waals surface area contributed by atoms with Crippen LogP contribution in [-0.2, 0) is 4.74 Å². The van der Waals surface area contributed by atoms with Crippen LogP contribution in [0.1, 0.15) is 32.2 Å². The second-order valence-corrected chi connectivity index (χ2v) is 6.25. The van der Waals surface area contributed by atoms with Gasteiger partial charge in [0.1, 0.15) is 0 Å². The fraction of sp³-hybridized carbons (Fsp3) is 0.200. The number of hydrogen-bond donors (Lipinski definition) is 0. The van der Waals surface area contributed by atoms with Crippen LogP contribution in [0, 0.1) is 13.8 Å². The molecule has 3 aromatic rings. The number of aromatic nitrogens is 3. The van der Waals surface area contributed by atoms with Crippen molar-refractivity contribution >= 4 is 11.8 Å². The molecule has 28 heavy (non-hydrogen) atoms. The van der Waals surface area contributed by atoms with Crippen molar-refractivity contribution in [3.05, 3.63) is 65.5 Å². The molecule has 0 atom stereocenters. The molecule has 8 heteroatoms. The quantitative estimate of drug-likeness (QED) is 0.497. The average Bonchev–Trinajstić information content (AvgIpc) is 3.29. The van der Waals surface area contributed by atoms with Crippen LogP contribution in [0.4, 0.5) is 0 Å². The van der Waals surface area contributed by atoms with Gasteiger partial charge in [-0.1, -0.05) is 0 Å². The Morgan fingerprint density at radius 3 is 2.75 bits per heavy atom. The summed E-state index contributed by atoms with van der Waals surface area (Å²) in [4.78, 5) is 32.2. The van der Waals surface area contributed by atoms with Gasteiger partial charge >= 0.3 is 5.97 Å². The molecule has 3 heterocycles. The molecule has 0 unspecified atom stereocenters. The van der Waals surface area contributed by atoms with Crippen molar-refractivity contribution in [3.8, 4) is 17.2 Å². The molecule has 0 saturated carbocycles.